The first-order valence-corrected chi connectivity index (χ1v) is 12.0. The number of hydrogen-bond donors (Lipinski definition) is 1. The standard InChI is InChI=1S/C24H29N3O4S/c1-17-5-7-18(8-6-17)20-15-32-23-22(20)24(29)27(16-26-23)11-9-21(28)25-10-3-12-30-14-19-4-2-13-31-19/h5-8,15-16,19H,2-4,9-14H2,1H3,(H,25,28). The van der Waals surface area contributed by atoms with Crippen molar-refractivity contribution in [1.82, 2.24) is 14.9 Å². The number of benzene rings is 1. The van der Waals surface area contributed by atoms with Crippen LogP contribution in [0.15, 0.2) is 40.8 Å². The van der Waals surface area contributed by atoms with Crippen molar-refractivity contribution in [2.24, 2.45) is 0 Å². The third-order valence-electron chi connectivity index (χ3n) is 5.62. The van der Waals surface area contributed by atoms with Crippen LogP contribution in [0.2, 0.25) is 0 Å². The van der Waals surface area contributed by atoms with Crippen molar-refractivity contribution >= 4 is 27.5 Å². The van der Waals surface area contributed by atoms with Crippen molar-refractivity contribution in [3.8, 4) is 11.1 Å². The number of hydrogen-bond acceptors (Lipinski definition) is 6. The molecular weight excluding hydrogens is 426 g/mol. The largest absolute Gasteiger partial charge is 0.379 e. The van der Waals surface area contributed by atoms with Crippen LogP contribution in [0, 0.1) is 6.92 Å². The summed E-state index contributed by atoms with van der Waals surface area (Å²) in [6, 6.07) is 8.11. The second-order valence-corrected chi connectivity index (χ2v) is 8.96. The molecule has 3 aromatic rings. The Hall–Kier alpha value is -2.55. The first-order chi connectivity index (χ1) is 15.6. The molecule has 8 heteroatoms. The molecule has 4 rings (SSSR count). The monoisotopic (exact) mass is 455 g/mol. The number of aromatic nitrogens is 2. The molecule has 170 valence electrons. The second-order valence-electron chi connectivity index (χ2n) is 8.10. The zero-order valence-corrected chi connectivity index (χ0v) is 19.2. The van der Waals surface area contributed by atoms with Gasteiger partial charge in [0.15, 0.2) is 0 Å². The number of fused-ring (bicyclic) bond motifs is 1. The van der Waals surface area contributed by atoms with Crippen molar-refractivity contribution < 1.29 is 14.3 Å². The van der Waals surface area contributed by atoms with Gasteiger partial charge in [-0.15, -0.1) is 11.3 Å². The van der Waals surface area contributed by atoms with Crippen LogP contribution < -0.4 is 10.9 Å². The molecule has 1 atom stereocenters. The smallest absolute Gasteiger partial charge is 0.262 e. The summed E-state index contributed by atoms with van der Waals surface area (Å²) in [5.41, 5.74) is 2.95. The third kappa shape index (κ3) is 5.62. The number of ether oxygens (including phenoxy) is 2. The van der Waals surface area contributed by atoms with Crippen LogP contribution >= 0.6 is 11.3 Å². The number of rotatable bonds is 10. The lowest BCUT2D eigenvalue weighted by molar-refractivity contribution is -0.121. The van der Waals surface area contributed by atoms with Gasteiger partial charge < -0.3 is 14.8 Å². The molecule has 1 fully saturated rings. The molecule has 0 radical (unpaired) electrons. The number of carbonyl (C=O) groups is 1. The molecule has 0 aliphatic carbocycles. The molecule has 32 heavy (non-hydrogen) atoms. The van der Waals surface area contributed by atoms with Gasteiger partial charge in [0.05, 0.1) is 24.4 Å². The third-order valence-corrected chi connectivity index (χ3v) is 6.50. The summed E-state index contributed by atoms with van der Waals surface area (Å²) >= 11 is 1.46. The van der Waals surface area contributed by atoms with Gasteiger partial charge in [-0.05, 0) is 31.7 Å². The highest BCUT2D eigenvalue weighted by atomic mass is 32.1. The predicted molar refractivity (Wildman–Crippen MR) is 126 cm³/mol. The van der Waals surface area contributed by atoms with E-state index < -0.39 is 0 Å². The number of amides is 1. The Kier molecular flexibility index (Phi) is 7.68. The Morgan fingerprint density at radius 3 is 2.97 bits per heavy atom. The number of aryl methyl sites for hydroxylation is 2. The van der Waals surface area contributed by atoms with Crippen LogP contribution in [0.5, 0.6) is 0 Å². The Morgan fingerprint density at radius 1 is 1.34 bits per heavy atom. The van der Waals surface area contributed by atoms with E-state index >= 15 is 0 Å². The summed E-state index contributed by atoms with van der Waals surface area (Å²) < 4.78 is 12.6. The molecule has 2 aromatic heterocycles. The average Bonchev–Trinajstić information content (AvgIpc) is 3.46. The van der Waals surface area contributed by atoms with Gasteiger partial charge in [-0.1, -0.05) is 29.8 Å². The van der Waals surface area contributed by atoms with Gasteiger partial charge in [0.2, 0.25) is 5.91 Å². The van der Waals surface area contributed by atoms with E-state index in [4.69, 9.17) is 9.47 Å². The van der Waals surface area contributed by atoms with Crippen LogP contribution in [-0.2, 0) is 20.8 Å². The lowest BCUT2D eigenvalue weighted by Crippen LogP contribution is -2.28. The van der Waals surface area contributed by atoms with Gasteiger partial charge in [0, 0.05) is 43.7 Å². The van der Waals surface area contributed by atoms with Crippen molar-refractivity contribution in [3.05, 3.63) is 51.9 Å². The molecule has 1 saturated heterocycles. The van der Waals surface area contributed by atoms with Crippen molar-refractivity contribution in [2.75, 3.05) is 26.4 Å². The molecule has 1 aliphatic heterocycles. The van der Waals surface area contributed by atoms with E-state index in [0.717, 1.165) is 37.0 Å². The molecule has 7 nitrogen and oxygen atoms in total. The minimum absolute atomic E-state index is 0.0831. The molecule has 1 aliphatic rings. The summed E-state index contributed by atoms with van der Waals surface area (Å²) in [5.74, 6) is -0.0831. The number of carbonyl (C=O) groups excluding carboxylic acids is 1. The minimum atomic E-state index is -0.109. The SMILES string of the molecule is Cc1ccc(-c2csc3ncn(CCC(=O)NCCCOCC4CCCO4)c(=O)c23)cc1. The van der Waals surface area contributed by atoms with Gasteiger partial charge in [0.25, 0.3) is 5.56 Å². The predicted octanol–water partition coefficient (Wildman–Crippen LogP) is 3.53. The molecule has 1 unspecified atom stereocenters. The maximum atomic E-state index is 13.1. The molecule has 0 bridgehead atoms. The number of nitrogens with zero attached hydrogens (tertiary/aromatic N) is 2. The van der Waals surface area contributed by atoms with Crippen LogP contribution in [0.3, 0.4) is 0 Å². The van der Waals surface area contributed by atoms with E-state index in [2.05, 4.69) is 10.3 Å². The van der Waals surface area contributed by atoms with E-state index in [0.29, 0.717) is 36.5 Å². The zero-order valence-electron chi connectivity index (χ0n) is 18.3. The maximum Gasteiger partial charge on any atom is 0.262 e. The van der Waals surface area contributed by atoms with Crippen LogP contribution in [0.25, 0.3) is 21.3 Å². The lowest BCUT2D eigenvalue weighted by atomic mass is 10.1. The van der Waals surface area contributed by atoms with Crippen LogP contribution in [0.1, 0.15) is 31.2 Å². The highest BCUT2D eigenvalue weighted by Crippen LogP contribution is 2.30. The first kappa shape index (κ1) is 22.6. The van der Waals surface area contributed by atoms with E-state index in [9.17, 15) is 9.59 Å². The van der Waals surface area contributed by atoms with E-state index in [1.54, 1.807) is 0 Å². The Balaban J connectivity index is 1.28. The molecule has 1 aromatic carbocycles. The van der Waals surface area contributed by atoms with Gasteiger partial charge in [0.1, 0.15) is 4.83 Å². The lowest BCUT2D eigenvalue weighted by Gasteiger charge is -2.10. The fourth-order valence-electron chi connectivity index (χ4n) is 3.78. The summed E-state index contributed by atoms with van der Waals surface area (Å²) in [4.78, 5) is 30.4. The first-order valence-electron chi connectivity index (χ1n) is 11.1. The highest BCUT2D eigenvalue weighted by molar-refractivity contribution is 7.17. The summed E-state index contributed by atoms with van der Waals surface area (Å²) in [7, 11) is 0. The highest BCUT2D eigenvalue weighted by Gasteiger charge is 2.15. The van der Waals surface area contributed by atoms with Gasteiger partial charge in [-0.3, -0.25) is 14.2 Å². The fraction of sp³-hybridized carbons (Fsp3) is 0.458. The normalized spacial score (nSPS) is 16.0. The Morgan fingerprint density at radius 2 is 2.19 bits per heavy atom. The fourth-order valence-corrected chi connectivity index (χ4v) is 4.68. The number of nitrogens with one attached hydrogen (secondary N) is 1. The summed E-state index contributed by atoms with van der Waals surface area (Å²) in [6.07, 6.45) is 4.91. The molecule has 3 heterocycles. The van der Waals surface area contributed by atoms with Crippen molar-refractivity contribution in [3.63, 3.8) is 0 Å². The van der Waals surface area contributed by atoms with E-state index in [1.165, 1.54) is 27.8 Å². The second kappa shape index (κ2) is 10.8. The topological polar surface area (TPSA) is 82.5 Å². The Labute approximate surface area is 191 Å². The minimum Gasteiger partial charge on any atom is -0.379 e. The molecule has 1 amide bonds. The van der Waals surface area contributed by atoms with Gasteiger partial charge in [-0.2, -0.15) is 0 Å². The zero-order chi connectivity index (χ0) is 22.3. The summed E-state index contributed by atoms with van der Waals surface area (Å²) in [5, 5.41) is 5.48. The van der Waals surface area contributed by atoms with Crippen LogP contribution in [0.4, 0.5) is 0 Å². The van der Waals surface area contributed by atoms with Crippen molar-refractivity contribution in [1.29, 1.82) is 0 Å². The van der Waals surface area contributed by atoms with Gasteiger partial charge >= 0.3 is 0 Å². The number of thiophene rings is 1. The maximum absolute atomic E-state index is 13.1. The van der Waals surface area contributed by atoms with Crippen LogP contribution in [-0.4, -0.2) is 47.9 Å². The average molecular weight is 456 g/mol. The van der Waals surface area contributed by atoms with E-state index in [-0.39, 0.29) is 24.0 Å². The molecule has 0 saturated carbocycles. The van der Waals surface area contributed by atoms with Crippen molar-refractivity contribution in [2.45, 2.75) is 45.3 Å². The van der Waals surface area contributed by atoms with Gasteiger partial charge in [-0.25, -0.2) is 4.98 Å². The Bertz CT molecular complexity index is 1100. The molecule has 1 N–H and O–H groups in total. The van der Waals surface area contributed by atoms with E-state index in [1.807, 2.05) is 36.6 Å². The quantitative estimate of drug-likeness (QED) is 0.473. The summed E-state index contributed by atoms with van der Waals surface area (Å²) in [6.45, 7) is 4.94. The molecule has 0 spiro atoms. The molecular formula is C24H29N3O4S.